The topological polar surface area (TPSA) is 46.3 Å². The Morgan fingerprint density at radius 3 is 2.80 bits per heavy atom. The highest BCUT2D eigenvalue weighted by Crippen LogP contribution is 2.31. The number of nitrogens with zero attached hydrogens (tertiary/aromatic N) is 1. The molecule has 1 aromatic carbocycles. The number of rotatable bonds is 6. The van der Waals surface area contributed by atoms with Crippen LogP contribution in [0, 0.1) is 5.82 Å². The summed E-state index contributed by atoms with van der Waals surface area (Å²) in [6, 6.07) is 4.24. The van der Waals surface area contributed by atoms with Crippen LogP contribution in [0.2, 0.25) is 5.02 Å². The first-order valence-corrected chi connectivity index (χ1v) is 7.41. The maximum Gasteiger partial charge on any atom is 0.240 e. The Morgan fingerprint density at radius 2 is 2.25 bits per heavy atom. The predicted octanol–water partition coefficient (Wildman–Crippen LogP) is 3.10. The fourth-order valence-electron chi connectivity index (χ4n) is 2.27. The Balaban J connectivity index is 2.16. The summed E-state index contributed by atoms with van der Waals surface area (Å²) in [5, 5.41) is 0.354. The quantitative estimate of drug-likeness (QED) is 0.877. The lowest BCUT2D eigenvalue weighted by molar-refractivity contribution is -0.134. The van der Waals surface area contributed by atoms with E-state index in [0.29, 0.717) is 17.0 Å². The van der Waals surface area contributed by atoms with E-state index < -0.39 is 6.04 Å². The van der Waals surface area contributed by atoms with Gasteiger partial charge in [-0.15, -0.1) is 0 Å². The van der Waals surface area contributed by atoms with Gasteiger partial charge in [0.1, 0.15) is 5.82 Å². The van der Waals surface area contributed by atoms with Gasteiger partial charge in [-0.1, -0.05) is 31.0 Å². The van der Waals surface area contributed by atoms with Gasteiger partial charge in [0.15, 0.2) is 0 Å². The smallest absolute Gasteiger partial charge is 0.240 e. The highest BCUT2D eigenvalue weighted by Gasteiger charge is 2.35. The summed E-state index contributed by atoms with van der Waals surface area (Å²) in [7, 11) is 0. The fourth-order valence-corrected chi connectivity index (χ4v) is 2.50. The summed E-state index contributed by atoms with van der Waals surface area (Å²) in [5.74, 6) is -0.478. The van der Waals surface area contributed by atoms with Crippen molar-refractivity contribution in [1.82, 2.24) is 4.90 Å². The van der Waals surface area contributed by atoms with Crippen molar-refractivity contribution in [2.75, 3.05) is 0 Å². The third kappa shape index (κ3) is 3.49. The molecule has 1 fully saturated rings. The number of nitrogens with two attached hydrogens (primary N) is 1. The van der Waals surface area contributed by atoms with E-state index in [0.717, 1.165) is 19.3 Å². The van der Waals surface area contributed by atoms with Crippen LogP contribution in [-0.4, -0.2) is 22.9 Å². The molecular weight excluding hydrogens is 279 g/mol. The molecular formula is C15H20ClFN2O. The van der Waals surface area contributed by atoms with Gasteiger partial charge in [-0.25, -0.2) is 4.39 Å². The van der Waals surface area contributed by atoms with Gasteiger partial charge in [0, 0.05) is 16.6 Å². The maximum atomic E-state index is 13.9. The van der Waals surface area contributed by atoms with E-state index in [2.05, 4.69) is 0 Å². The minimum absolute atomic E-state index is 0.103. The van der Waals surface area contributed by atoms with Crippen molar-refractivity contribution >= 4 is 17.5 Å². The molecule has 1 unspecified atom stereocenters. The Kier molecular flexibility index (Phi) is 5.00. The third-order valence-corrected chi connectivity index (χ3v) is 3.93. The van der Waals surface area contributed by atoms with Gasteiger partial charge in [-0.05, 0) is 31.4 Å². The lowest BCUT2D eigenvalue weighted by Crippen LogP contribution is -2.44. The zero-order chi connectivity index (χ0) is 14.7. The van der Waals surface area contributed by atoms with E-state index in [-0.39, 0.29) is 24.3 Å². The first-order chi connectivity index (χ1) is 9.54. The van der Waals surface area contributed by atoms with Gasteiger partial charge < -0.3 is 10.6 Å². The molecule has 0 heterocycles. The largest absolute Gasteiger partial charge is 0.334 e. The monoisotopic (exact) mass is 298 g/mol. The Hall–Kier alpha value is -1.13. The normalized spacial score (nSPS) is 16.0. The van der Waals surface area contributed by atoms with Crippen molar-refractivity contribution in [3.05, 3.63) is 34.6 Å². The lowest BCUT2D eigenvalue weighted by atomic mass is 10.1. The van der Waals surface area contributed by atoms with E-state index in [1.807, 2.05) is 6.92 Å². The Morgan fingerprint density at radius 1 is 1.55 bits per heavy atom. The number of halogens is 2. The van der Waals surface area contributed by atoms with E-state index in [9.17, 15) is 9.18 Å². The molecule has 0 bridgehead atoms. The van der Waals surface area contributed by atoms with Crippen molar-refractivity contribution in [3.8, 4) is 0 Å². The molecule has 110 valence electrons. The SMILES string of the molecule is CCCC(N)C(=O)N(Cc1c(F)cccc1Cl)C1CC1. The summed E-state index contributed by atoms with van der Waals surface area (Å²) in [6.45, 7) is 2.19. The molecule has 2 N–H and O–H groups in total. The van der Waals surface area contributed by atoms with E-state index in [1.165, 1.54) is 6.07 Å². The van der Waals surface area contributed by atoms with Gasteiger partial charge >= 0.3 is 0 Å². The molecule has 1 aromatic rings. The van der Waals surface area contributed by atoms with Crippen molar-refractivity contribution in [3.63, 3.8) is 0 Å². The number of benzene rings is 1. The molecule has 3 nitrogen and oxygen atoms in total. The molecule has 0 spiro atoms. The van der Waals surface area contributed by atoms with E-state index in [4.69, 9.17) is 17.3 Å². The van der Waals surface area contributed by atoms with E-state index >= 15 is 0 Å². The van der Waals surface area contributed by atoms with Crippen molar-refractivity contribution in [2.45, 2.75) is 51.2 Å². The number of hydrogen-bond donors (Lipinski definition) is 1. The molecule has 1 aliphatic carbocycles. The molecule has 2 rings (SSSR count). The molecule has 0 aliphatic heterocycles. The lowest BCUT2D eigenvalue weighted by Gasteiger charge is -2.26. The molecule has 0 aromatic heterocycles. The second-order valence-electron chi connectivity index (χ2n) is 5.29. The highest BCUT2D eigenvalue weighted by molar-refractivity contribution is 6.31. The molecule has 0 radical (unpaired) electrons. The predicted molar refractivity (Wildman–Crippen MR) is 77.9 cm³/mol. The minimum atomic E-state index is -0.508. The molecule has 20 heavy (non-hydrogen) atoms. The van der Waals surface area contributed by atoms with Crippen LogP contribution in [0.25, 0.3) is 0 Å². The second-order valence-corrected chi connectivity index (χ2v) is 5.70. The average molecular weight is 299 g/mol. The van der Waals surface area contributed by atoms with Crippen LogP contribution in [-0.2, 0) is 11.3 Å². The van der Waals surface area contributed by atoms with Crippen LogP contribution < -0.4 is 5.73 Å². The van der Waals surface area contributed by atoms with Gasteiger partial charge in [-0.2, -0.15) is 0 Å². The third-order valence-electron chi connectivity index (χ3n) is 3.58. The zero-order valence-electron chi connectivity index (χ0n) is 11.6. The molecule has 5 heteroatoms. The average Bonchev–Trinajstić information content (AvgIpc) is 3.22. The Labute approximate surface area is 123 Å². The molecule has 1 aliphatic rings. The number of carbonyl (C=O) groups is 1. The van der Waals surface area contributed by atoms with Crippen molar-refractivity contribution in [1.29, 1.82) is 0 Å². The van der Waals surface area contributed by atoms with Gasteiger partial charge in [-0.3, -0.25) is 4.79 Å². The number of hydrogen-bond acceptors (Lipinski definition) is 2. The van der Waals surface area contributed by atoms with Gasteiger partial charge in [0.25, 0.3) is 0 Å². The zero-order valence-corrected chi connectivity index (χ0v) is 12.4. The van der Waals surface area contributed by atoms with E-state index in [1.54, 1.807) is 17.0 Å². The summed E-state index contributed by atoms with van der Waals surface area (Å²) in [6.07, 6.45) is 3.41. The first kappa shape index (κ1) is 15.3. The second kappa shape index (κ2) is 6.55. The summed E-state index contributed by atoms with van der Waals surface area (Å²) >= 11 is 6.03. The van der Waals surface area contributed by atoms with Gasteiger partial charge in [0.05, 0.1) is 12.6 Å². The van der Waals surface area contributed by atoms with Crippen LogP contribution >= 0.6 is 11.6 Å². The van der Waals surface area contributed by atoms with Crippen LogP contribution in [0.5, 0.6) is 0 Å². The summed E-state index contributed by atoms with van der Waals surface area (Å²) in [4.78, 5) is 14.1. The maximum absolute atomic E-state index is 13.9. The summed E-state index contributed by atoms with van der Waals surface area (Å²) in [5.41, 5.74) is 6.28. The standard InChI is InChI=1S/C15H20ClFN2O/c1-2-4-14(18)15(20)19(10-7-8-10)9-11-12(16)5-3-6-13(11)17/h3,5-6,10,14H,2,4,7-9,18H2,1H3. The van der Waals surface area contributed by atoms with Crippen LogP contribution in [0.4, 0.5) is 4.39 Å². The minimum Gasteiger partial charge on any atom is -0.334 e. The molecule has 0 saturated heterocycles. The van der Waals surface area contributed by atoms with Gasteiger partial charge in [0.2, 0.25) is 5.91 Å². The summed E-state index contributed by atoms with van der Waals surface area (Å²) < 4.78 is 13.9. The van der Waals surface area contributed by atoms with Crippen LogP contribution in [0.3, 0.4) is 0 Å². The fraction of sp³-hybridized carbons (Fsp3) is 0.533. The van der Waals surface area contributed by atoms with Crippen LogP contribution in [0.15, 0.2) is 18.2 Å². The number of carbonyl (C=O) groups excluding carboxylic acids is 1. The van der Waals surface area contributed by atoms with Crippen molar-refractivity contribution < 1.29 is 9.18 Å². The first-order valence-electron chi connectivity index (χ1n) is 7.03. The van der Waals surface area contributed by atoms with Crippen molar-refractivity contribution in [2.24, 2.45) is 5.73 Å². The molecule has 1 amide bonds. The molecule has 1 atom stereocenters. The molecule has 1 saturated carbocycles. The highest BCUT2D eigenvalue weighted by atomic mass is 35.5. The number of amides is 1. The van der Waals surface area contributed by atoms with Crippen LogP contribution in [0.1, 0.15) is 38.2 Å². The Bertz CT molecular complexity index is 471.